The normalized spacial score (nSPS) is 10.6. The number of nitrogens with zero attached hydrogens (tertiary/aromatic N) is 6. The first-order chi connectivity index (χ1) is 39.2. The third kappa shape index (κ3) is 20.1. The molecule has 4 heterocycles. The van der Waals surface area contributed by atoms with Gasteiger partial charge < -0.3 is 0 Å². The average molecular weight is 1330 g/mol. The summed E-state index contributed by atoms with van der Waals surface area (Å²) in [5.74, 6) is 5.35. The summed E-state index contributed by atoms with van der Waals surface area (Å²) in [6, 6.07) is 65.0. The first-order valence-corrected chi connectivity index (χ1v) is 37.5. The van der Waals surface area contributed by atoms with Gasteiger partial charge in [0.1, 0.15) is 18.4 Å². The maximum atomic E-state index is 12.1. The number of hydrogen-bond acceptors (Lipinski definition) is 6. The Kier molecular flexibility index (Phi) is 28.4. The van der Waals surface area contributed by atoms with E-state index in [1.54, 1.807) is 28.5 Å². The standard InChI is InChI=1S/2C18H15P.C15H22N4OSi.C10H13BrN4O.C3H4.2ClH.Pd/c2*1-4-10-16(11-5-1)19(17-12-6-2-7-13-17)18-14-8-3-9-15-18;1-6-12(7-2)19-14-13(18-15(19)20)16-10-11(17-14)8-9-21(3,4)5;1-3-6(4-2)15-9-8(14-10(15)16)12-5-7(11)13-9;1-3-2;;;/h2*1-15H;10,12H,6-7H2,1-5H3,(H,16,18,20);5-6H,3-4H2,1-2H3,(H,12,14,16);1H,2H3;2*1H;/q;;;;;;;+2/p-2. The molecule has 0 radical (unpaired) electrons. The van der Waals surface area contributed by atoms with Crippen LogP contribution in [0.15, 0.2) is 209 Å². The molecule has 6 aromatic carbocycles. The number of aromatic nitrogens is 8. The van der Waals surface area contributed by atoms with Gasteiger partial charge in [-0.05, 0) is 96.2 Å². The zero-order chi connectivity index (χ0) is 58.6. The number of fused-ring (bicyclic) bond motifs is 2. The molecule has 0 aliphatic heterocycles. The first kappa shape index (κ1) is 65.7. The Morgan fingerprint density at radius 1 is 0.543 bits per heavy atom. The van der Waals surface area contributed by atoms with Gasteiger partial charge >= 0.3 is 46.4 Å². The van der Waals surface area contributed by atoms with Crippen molar-refractivity contribution in [3.8, 4) is 23.8 Å². The number of nitrogens with one attached hydrogen (secondary N) is 2. The van der Waals surface area contributed by atoms with Crippen molar-refractivity contribution in [1.29, 1.82) is 0 Å². The Hall–Kier alpha value is -6.06. The molecular weight excluding hydrogens is 1260 g/mol. The second-order valence-corrected chi connectivity index (χ2v) is 31.2. The van der Waals surface area contributed by atoms with Gasteiger partial charge in [-0.1, -0.05) is 235 Å². The van der Waals surface area contributed by atoms with Crippen LogP contribution in [0.5, 0.6) is 0 Å². The fraction of sp³-hybridized carbons (Fsp3) is 0.219. The SMILES string of the molecule is C#CC.CCC(CC)n1c(=O)[nH]c2ncc(Br)nc21.CCC(CC)n1c(=O)[nH]c2ncc(C#C[Si](C)(C)C)nc21.[Cl][Pd][Cl].c1ccc(P(c2ccccc2)c2ccccc2)cc1.c1ccc(P(c2ccccc2)c2ccccc2)cc1. The van der Waals surface area contributed by atoms with Gasteiger partial charge in [0.25, 0.3) is 0 Å². The van der Waals surface area contributed by atoms with Gasteiger partial charge in [-0.25, -0.2) is 29.5 Å². The van der Waals surface area contributed by atoms with Crippen LogP contribution in [0.25, 0.3) is 22.6 Å². The number of H-pyrrole nitrogens is 2. The van der Waals surface area contributed by atoms with E-state index in [9.17, 15) is 9.59 Å². The predicted molar refractivity (Wildman–Crippen MR) is 350 cm³/mol. The molecule has 0 saturated heterocycles. The molecule has 17 heteroatoms. The van der Waals surface area contributed by atoms with Gasteiger partial charge in [0, 0.05) is 12.1 Å². The zero-order valence-electron chi connectivity index (χ0n) is 46.9. The van der Waals surface area contributed by atoms with Crippen molar-refractivity contribution in [2.24, 2.45) is 0 Å². The Bertz CT molecular complexity index is 3340. The maximum absolute atomic E-state index is 12.1. The van der Waals surface area contributed by atoms with E-state index in [1.807, 2.05) is 0 Å². The molecular formula is C64H69BrCl2N8O2P2PdSi. The summed E-state index contributed by atoms with van der Waals surface area (Å²) >= 11 is 3.16. The van der Waals surface area contributed by atoms with Crippen molar-refractivity contribution < 1.29 is 15.9 Å². The second kappa shape index (κ2) is 35.0. The molecule has 422 valence electrons. The van der Waals surface area contributed by atoms with Crippen molar-refractivity contribution in [2.45, 2.75) is 92.0 Å². The van der Waals surface area contributed by atoms with E-state index in [1.165, 1.54) is 31.8 Å². The van der Waals surface area contributed by atoms with Crippen LogP contribution < -0.4 is 43.2 Å². The Labute approximate surface area is 505 Å². The molecule has 0 aliphatic rings. The van der Waals surface area contributed by atoms with E-state index in [0.29, 0.717) is 32.9 Å². The van der Waals surface area contributed by atoms with Crippen LogP contribution in [0, 0.1) is 23.8 Å². The van der Waals surface area contributed by atoms with E-state index in [-0.39, 0.29) is 39.4 Å². The van der Waals surface area contributed by atoms with Crippen LogP contribution >= 0.6 is 50.8 Å². The molecule has 10 rings (SSSR count). The molecule has 0 fully saturated rings. The number of rotatable bonds is 12. The van der Waals surface area contributed by atoms with E-state index < -0.39 is 23.9 Å². The molecule has 0 bridgehead atoms. The quantitative estimate of drug-likeness (QED) is 0.0713. The minimum atomic E-state index is -1.46. The van der Waals surface area contributed by atoms with Crippen LogP contribution in [0.2, 0.25) is 19.6 Å². The number of terminal acetylenes is 1. The van der Waals surface area contributed by atoms with Gasteiger partial charge in [-0.2, -0.15) is 0 Å². The van der Waals surface area contributed by atoms with Crippen molar-refractivity contribution in [1.82, 2.24) is 39.0 Å². The maximum Gasteiger partial charge on any atom is -0.0134 e. The van der Waals surface area contributed by atoms with Gasteiger partial charge in [-0.15, -0.1) is 17.9 Å². The monoisotopic (exact) mass is 1330 g/mol. The van der Waals surface area contributed by atoms with Crippen LogP contribution in [0.4, 0.5) is 0 Å². The number of imidazole rings is 2. The molecule has 0 amide bonds. The molecule has 81 heavy (non-hydrogen) atoms. The number of hydrogen-bond donors (Lipinski definition) is 2. The first-order valence-electron chi connectivity index (χ1n) is 26.5. The minimum Gasteiger partial charge on any atom is -0.0622 e. The molecule has 0 unspecified atom stereocenters. The van der Waals surface area contributed by atoms with Gasteiger partial charge in [-0.3, -0.25) is 19.1 Å². The summed E-state index contributed by atoms with van der Waals surface area (Å²) in [7, 11) is 7.28. The fourth-order valence-electron chi connectivity index (χ4n) is 8.42. The number of halogens is 3. The Morgan fingerprint density at radius 3 is 1.09 bits per heavy atom. The van der Waals surface area contributed by atoms with E-state index in [0.717, 1.165) is 25.7 Å². The van der Waals surface area contributed by atoms with Crippen LogP contribution in [0.1, 0.15) is 78.1 Å². The Morgan fingerprint density at radius 2 is 0.815 bits per heavy atom. The molecule has 2 N–H and O–H groups in total. The topological polar surface area (TPSA) is 127 Å². The fourth-order valence-corrected chi connectivity index (χ4v) is 13.8. The second-order valence-electron chi connectivity index (χ2n) is 18.9. The summed E-state index contributed by atoms with van der Waals surface area (Å²) in [6.07, 6.45) is 11.4. The third-order valence-corrected chi connectivity index (χ3v) is 18.2. The molecule has 4 aromatic heterocycles. The summed E-state index contributed by atoms with van der Waals surface area (Å²) in [5, 5.41) is 8.39. The van der Waals surface area contributed by atoms with Crippen molar-refractivity contribution in [3.63, 3.8) is 0 Å². The van der Waals surface area contributed by atoms with Gasteiger partial charge in [0.15, 0.2) is 22.6 Å². The molecule has 0 saturated carbocycles. The summed E-state index contributed by atoms with van der Waals surface area (Å²) < 4.78 is 4.04. The van der Waals surface area contributed by atoms with Gasteiger partial charge in [0.2, 0.25) is 0 Å². The zero-order valence-corrected chi connectivity index (χ0v) is 54.3. The van der Waals surface area contributed by atoms with Crippen LogP contribution in [-0.2, 0) is 15.9 Å². The van der Waals surface area contributed by atoms with Gasteiger partial charge in [0.05, 0.1) is 12.4 Å². The van der Waals surface area contributed by atoms with Crippen molar-refractivity contribution in [3.05, 3.63) is 226 Å². The van der Waals surface area contributed by atoms with Crippen molar-refractivity contribution >= 4 is 113 Å². The van der Waals surface area contributed by atoms with Crippen LogP contribution in [-0.4, -0.2) is 47.1 Å². The predicted octanol–water partition coefficient (Wildman–Crippen LogP) is 13.9. The van der Waals surface area contributed by atoms with E-state index in [4.69, 9.17) is 19.1 Å². The molecule has 0 spiro atoms. The smallest absolute Gasteiger partial charge is 0.0134 e. The molecule has 0 atom stereocenters. The van der Waals surface area contributed by atoms with E-state index >= 15 is 0 Å². The number of aromatic amines is 2. The number of benzene rings is 6. The minimum absolute atomic E-state index is 0.106. The van der Waals surface area contributed by atoms with Crippen LogP contribution in [0.3, 0.4) is 0 Å². The summed E-state index contributed by atoms with van der Waals surface area (Å²) in [6.45, 7) is 16.5. The third-order valence-electron chi connectivity index (χ3n) is 12.1. The average Bonchev–Trinajstić information content (AvgIpc) is 4.09. The largest absolute Gasteiger partial charge is 0.0622 e. The Balaban J connectivity index is 0.000000192. The van der Waals surface area contributed by atoms with E-state index in [2.05, 4.69) is 299 Å². The summed E-state index contributed by atoms with van der Waals surface area (Å²) in [5.41, 5.74) is 5.92. The summed E-state index contributed by atoms with van der Waals surface area (Å²) in [4.78, 5) is 46.7. The molecule has 10 aromatic rings. The molecule has 0 aliphatic carbocycles. The molecule has 10 nitrogen and oxygen atoms in total. The van der Waals surface area contributed by atoms with Crippen molar-refractivity contribution in [2.75, 3.05) is 0 Å².